The van der Waals surface area contributed by atoms with Crippen LogP contribution in [0.4, 0.5) is 0 Å². The van der Waals surface area contributed by atoms with Crippen LogP contribution in [0, 0.1) is 0 Å². The van der Waals surface area contributed by atoms with Gasteiger partial charge in [0.15, 0.2) is 11.5 Å². The molecule has 1 aromatic carbocycles. The van der Waals surface area contributed by atoms with E-state index in [4.69, 9.17) is 14.2 Å². The Morgan fingerprint density at radius 1 is 1.07 bits per heavy atom. The molecule has 1 aliphatic rings. The third-order valence-electron chi connectivity index (χ3n) is 5.29. The predicted molar refractivity (Wildman–Crippen MR) is 106 cm³/mol. The van der Waals surface area contributed by atoms with Crippen molar-refractivity contribution in [2.75, 3.05) is 34.4 Å². The molecule has 29 heavy (non-hydrogen) atoms. The van der Waals surface area contributed by atoms with Crippen LogP contribution in [0.25, 0.3) is 0 Å². The van der Waals surface area contributed by atoms with Gasteiger partial charge >= 0.3 is 5.97 Å². The fourth-order valence-corrected chi connectivity index (χ4v) is 3.81. The first-order valence-electron chi connectivity index (χ1n) is 9.45. The lowest BCUT2D eigenvalue weighted by atomic mass is 10.0. The first-order valence-corrected chi connectivity index (χ1v) is 9.45. The van der Waals surface area contributed by atoms with Gasteiger partial charge in [-0.1, -0.05) is 0 Å². The summed E-state index contributed by atoms with van der Waals surface area (Å²) in [6.45, 7) is 1.18. The summed E-state index contributed by atoms with van der Waals surface area (Å²) >= 11 is 0. The van der Waals surface area contributed by atoms with E-state index in [-0.39, 0.29) is 24.1 Å². The Morgan fingerprint density at radius 3 is 2.21 bits per heavy atom. The molecule has 8 nitrogen and oxygen atoms in total. The first kappa shape index (κ1) is 20.6. The van der Waals surface area contributed by atoms with E-state index in [2.05, 4.69) is 0 Å². The number of hydrogen-bond acceptors (Lipinski definition) is 5. The molecular weight excluding hydrogens is 376 g/mol. The number of likely N-dealkylation sites (tertiary alicyclic amines) is 1. The standard InChI is InChI=1S/C21H26N2O6/c1-27-17-11-14(12-18(28-2)20(17)29-3)13-19(24)22-9-6-15(7-10-22)23-8-4-5-16(23)21(25)26/h4-5,8,11-12,15H,6-7,9-10,13H2,1-3H3,(H,25,26). The highest BCUT2D eigenvalue weighted by molar-refractivity contribution is 5.85. The third kappa shape index (κ3) is 4.31. The van der Waals surface area contributed by atoms with E-state index < -0.39 is 5.97 Å². The molecule has 0 unspecified atom stereocenters. The van der Waals surface area contributed by atoms with Gasteiger partial charge < -0.3 is 28.8 Å². The van der Waals surface area contributed by atoms with Crippen LogP contribution in [0.1, 0.15) is 34.9 Å². The van der Waals surface area contributed by atoms with E-state index in [0.717, 1.165) is 18.4 Å². The fourth-order valence-electron chi connectivity index (χ4n) is 3.81. The lowest BCUT2D eigenvalue weighted by molar-refractivity contribution is -0.131. The number of carboxylic acids is 1. The maximum absolute atomic E-state index is 12.8. The van der Waals surface area contributed by atoms with Crippen LogP contribution in [0.15, 0.2) is 30.5 Å². The fraction of sp³-hybridized carbons (Fsp3) is 0.429. The number of aromatic carboxylic acids is 1. The van der Waals surface area contributed by atoms with Crippen molar-refractivity contribution < 1.29 is 28.9 Å². The van der Waals surface area contributed by atoms with Crippen molar-refractivity contribution in [3.63, 3.8) is 0 Å². The van der Waals surface area contributed by atoms with Crippen LogP contribution in [0.5, 0.6) is 17.2 Å². The van der Waals surface area contributed by atoms with Gasteiger partial charge in [0.25, 0.3) is 0 Å². The molecule has 1 N–H and O–H groups in total. The van der Waals surface area contributed by atoms with Crippen LogP contribution >= 0.6 is 0 Å². The summed E-state index contributed by atoms with van der Waals surface area (Å²) in [6, 6.07) is 6.99. The summed E-state index contributed by atoms with van der Waals surface area (Å²) in [4.78, 5) is 26.0. The topological polar surface area (TPSA) is 90.2 Å². The molecule has 156 valence electrons. The maximum atomic E-state index is 12.8. The molecule has 0 spiro atoms. The van der Waals surface area contributed by atoms with Crippen LogP contribution < -0.4 is 14.2 Å². The van der Waals surface area contributed by atoms with Crippen LogP contribution in [0.3, 0.4) is 0 Å². The number of nitrogens with zero attached hydrogens (tertiary/aromatic N) is 2. The monoisotopic (exact) mass is 402 g/mol. The van der Waals surface area contributed by atoms with E-state index in [0.29, 0.717) is 30.3 Å². The molecule has 0 atom stereocenters. The SMILES string of the molecule is COc1cc(CC(=O)N2CCC(n3cccc3C(=O)O)CC2)cc(OC)c1OC. The average molecular weight is 402 g/mol. The average Bonchev–Trinajstić information content (AvgIpc) is 3.23. The van der Waals surface area contributed by atoms with Crippen molar-refractivity contribution in [2.45, 2.75) is 25.3 Å². The molecule has 2 aromatic rings. The number of aromatic nitrogens is 1. The molecule has 0 aliphatic carbocycles. The number of amides is 1. The van der Waals surface area contributed by atoms with Gasteiger partial charge in [-0.2, -0.15) is 0 Å². The summed E-state index contributed by atoms with van der Waals surface area (Å²) in [7, 11) is 4.62. The van der Waals surface area contributed by atoms with Crippen molar-refractivity contribution in [3.8, 4) is 17.2 Å². The zero-order valence-corrected chi connectivity index (χ0v) is 16.9. The molecule has 1 aromatic heterocycles. The molecule has 1 fully saturated rings. The van der Waals surface area contributed by atoms with Crippen LogP contribution in [-0.2, 0) is 11.2 Å². The molecule has 1 saturated heterocycles. The number of carboxylic acid groups (broad SMARTS) is 1. The quantitative estimate of drug-likeness (QED) is 0.766. The number of carbonyl (C=O) groups is 2. The molecular formula is C21H26N2O6. The highest BCUT2D eigenvalue weighted by atomic mass is 16.5. The minimum Gasteiger partial charge on any atom is -0.493 e. The Balaban J connectivity index is 1.66. The number of rotatable bonds is 7. The zero-order valence-electron chi connectivity index (χ0n) is 16.9. The second-order valence-electron chi connectivity index (χ2n) is 6.93. The van der Waals surface area contributed by atoms with Crippen LogP contribution in [-0.4, -0.2) is 60.9 Å². The van der Waals surface area contributed by atoms with Crippen LogP contribution in [0.2, 0.25) is 0 Å². The number of piperidine rings is 1. The second-order valence-corrected chi connectivity index (χ2v) is 6.93. The molecule has 1 amide bonds. The van der Waals surface area contributed by atoms with Gasteiger partial charge in [-0.3, -0.25) is 4.79 Å². The molecule has 0 bridgehead atoms. The van der Waals surface area contributed by atoms with Crippen molar-refractivity contribution in [2.24, 2.45) is 0 Å². The first-order chi connectivity index (χ1) is 14.0. The molecule has 3 rings (SSSR count). The number of ether oxygens (including phenoxy) is 3. The van der Waals surface area contributed by atoms with Gasteiger partial charge in [-0.05, 0) is 42.7 Å². The Labute approximate surface area is 169 Å². The van der Waals surface area contributed by atoms with Crippen molar-refractivity contribution >= 4 is 11.9 Å². The van der Waals surface area contributed by atoms with Crippen molar-refractivity contribution in [1.29, 1.82) is 0 Å². The Bertz CT molecular complexity index is 858. The maximum Gasteiger partial charge on any atom is 0.352 e. The lowest BCUT2D eigenvalue weighted by Crippen LogP contribution is -2.40. The summed E-state index contributed by atoms with van der Waals surface area (Å²) < 4.78 is 17.8. The smallest absolute Gasteiger partial charge is 0.352 e. The Kier molecular flexibility index (Phi) is 6.31. The number of carbonyl (C=O) groups excluding carboxylic acids is 1. The molecule has 2 heterocycles. The van der Waals surface area contributed by atoms with Gasteiger partial charge in [0.05, 0.1) is 27.8 Å². The molecule has 8 heteroatoms. The highest BCUT2D eigenvalue weighted by Gasteiger charge is 2.26. The summed E-state index contributed by atoms with van der Waals surface area (Å²) in [5.74, 6) is 0.608. The Morgan fingerprint density at radius 2 is 1.69 bits per heavy atom. The minimum absolute atomic E-state index is 0.0173. The van der Waals surface area contributed by atoms with Gasteiger partial charge in [0.2, 0.25) is 11.7 Å². The van der Waals surface area contributed by atoms with Gasteiger partial charge in [0.1, 0.15) is 5.69 Å². The largest absolute Gasteiger partial charge is 0.493 e. The Hall–Kier alpha value is -3.16. The zero-order chi connectivity index (χ0) is 21.0. The van der Waals surface area contributed by atoms with Gasteiger partial charge in [-0.15, -0.1) is 0 Å². The van der Waals surface area contributed by atoms with Gasteiger partial charge in [-0.25, -0.2) is 4.79 Å². The normalized spacial score (nSPS) is 14.5. The third-order valence-corrected chi connectivity index (χ3v) is 5.29. The number of hydrogen-bond donors (Lipinski definition) is 1. The molecule has 0 radical (unpaired) electrons. The summed E-state index contributed by atoms with van der Waals surface area (Å²) in [6.07, 6.45) is 3.46. The van der Waals surface area contributed by atoms with E-state index in [1.807, 2.05) is 4.90 Å². The summed E-state index contributed by atoms with van der Waals surface area (Å²) in [5.41, 5.74) is 1.07. The summed E-state index contributed by atoms with van der Waals surface area (Å²) in [5, 5.41) is 9.30. The van der Waals surface area contributed by atoms with E-state index in [9.17, 15) is 14.7 Å². The number of methoxy groups -OCH3 is 3. The molecule has 0 saturated carbocycles. The van der Waals surface area contributed by atoms with Crippen molar-refractivity contribution in [3.05, 3.63) is 41.7 Å². The number of benzene rings is 1. The van der Waals surface area contributed by atoms with E-state index in [1.165, 1.54) is 7.11 Å². The second kappa shape index (κ2) is 8.89. The predicted octanol–water partition coefficient (Wildman–Crippen LogP) is 2.62. The van der Waals surface area contributed by atoms with E-state index >= 15 is 0 Å². The highest BCUT2D eigenvalue weighted by Crippen LogP contribution is 2.38. The lowest BCUT2D eigenvalue weighted by Gasteiger charge is -2.33. The minimum atomic E-state index is -0.934. The van der Waals surface area contributed by atoms with E-state index in [1.54, 1.807) is 49.2 Å². The van der Waals surface area contributed by atoms with Crippen molar-refractivity contribution in [1.82, 2.24) is 9.47 Å². The molecule has 1 aliphatic heterocycles. The van der Waals surface area contributed by atoms with Gasteiger partial charge in [0, 0.05) is 25.3 Å².